The molecule has 0 aliphatic carbocycles. The summed E-state index contributed by atoms with van der Waals surface area (Å²) in [4.78, 5) is 11.4. The molecule has 21 heavy (non-hydrogen) atoms. The summed E-state index contributed by atoms with van der Waals surface area (Å²) in [7, 11) is 0. The average Bonchev–Trinajstić information content (AvgIpc) is 2.41. The lowest BCUT2D eigenvalue weighted by atomic mass is 9.98. The van der Waals surface area contributed by atoms with Gasteiger partial charge in [0.25, 0.3) is 0 Å². The van der Waals surface area contributed by atoms with Gasteiger partial charge in [0, 0.05) is 36.0 Å². The molecule has 3 rings (SSSR count). The summed E-state index contributed by atoms with van der Waals surface area (Å²) >= 11 is 8.01. The number of anilines is 1. The van der Waals surface area contributed by atoms with Crippen molar-refractivity contribution in [2.75, 3.05) is 30.0 Å². The van der Waals surface area contributed by atoms with E-state index in [1.54, 1.807) is 0 Å². The van der Waals surface area contributed by atoms with Gasteiger partial charge < -0.3 is 4.90 Å². The Morgan fingerprint density at radius 3 is 2.71 bits per heavy atom. The van der Waals surface area contributed by atoms with Crippen LogP contribution in [0.4, 0.5) is 5.69 Å². The van der Waals surface area contributed by atoms with E-state index in [0.29, 0.717) is 11.1 Å². The fourth-order valence-corrected chi connectivity index (χ4v) is 3.78. The third-order valence-electron chi connectivity index (χ3n) is 4.00. The molecule has 2 aromatic rings. The number of hydrogen-bond donors (Lipinski definition) is 0. The summed E-state index contributed by atoms with van der Waals surface area (Å²) in [5, 5.41) is 2.84. The molecular formula is C16H20ClN3S. The second-order valence-corrected chi connectivity index (χ2v) is 7.26. The number of nitrogens with zero attached hydrogens (tertiary/aromatic N) is 3. The van der Waals surface area contributed by atoms with Crippen LogP contribution in [0.1, 0.15) is 25.5 Å². The zero-order chi connectivity index (χ0) is 15.0. The largest absolute Gasteiger partial charge is 0.369 e. The Labute approximate surface area is 135 Å². The predicted octanol–water partition coefficient (Wildman–Crippen LogP) is 4.21. The van der Waals surface area contributed by atoms with Gasteiger partial charge in [-0.1, -0.05) is 25.4 Å². The van der Waals surface area contributed by atoms with Gasteiger partial charge in [0.15, 0.2) is 0 Å². The molecule has 0 aromatic carbocycles. The van der Waals surface area contributed by atoms with Crippen LogP contribution in [0.15, 0.2) is 18.5 Å². The molecule has 0 bridgehead atoms. The van der Waals surface area contributed by atoms with Crippen molar-refractivity contribution in [2.45, 2.75) is 19.8 Å². The molecule has 0 saturated carbocycles. The van der Waals surface area contributed by atoms with Gasteiger partial charge in [-0.15, -0.1) is 0 Å². The molecule has 112 valence electrons. The molecule has 0 spiro atoms. The molecule has 1 aliphatic rings. The van der Waals surface area contributed by atoms with Gasteiger partial charge in [-0.05, 0) is 24.0 Å². The van der Waals surface area contributed by atoms with Crippen LogP contribution < -0.4 is 4.90 Å². The number of rotatable bonds is 4. The summed E-state index contributed by atoms with van der Waals surface area (Å²) in [5.41, 5.74) is 2.29. The van der Waals surface area contributed by atoms with Crippen molar-refractivity contribution in [1.82, 2.24) is 9.97 Å². The third kappa shape index (κ3) is 2.84. The summed E-state index contributed by atoms with van der Waals surface area (Å²) < 4.78 is 0. The molecule has 1 fully saturated rings. The van der Waals surface area contributed by atoms with Crippen molar-refractivity contribution >= 4 is 39.8 Å². The first-order valence-electron chi connectivity index (χ1n) is 7.28. The van der Waals surface area contributed by atoms with Gasteiger partial charge in [-0.25, -0.2) is 4.98 Å². The Kier molecular flexibility index (Phi) is 4.27. The molecule has 3 nitrogen and oxygen atoms in total. The van der Waals surface area contributed by atoms with Gasteiger partial charge in [0.05, 0.1) is 17.6 Å². The summed E-state index contributed by atoms with van der Waals surface area (Å²) in [5.74, 6) is 2.40. The summed E-state index contributed by atoms with van der Waals surface area (Å²) in [6, 6.07) is 1.95. The van der Waals surface area contributed by atoms with Crippen molar-refractivity contribution in [2.24, 2.45) is 5.92 Å². The molecule has 0 N–H and O–H groups in total. The molecule has 1 saturated heterocycles. The van der Waals surface area contributed by atoms with Crippen molar-refractivity contribution in [3.05, 3.63) is 29.3 Å². The number of halogens is 1. The minimum atomic E-state index is 0.376. The molecule has 3 heterocycles. The highest BCUT2D eigenvalue weighted by Crippen LogP contribution is 2.35. The zero-order valence-corrected chi connectivity index (χ0v) is 14.2. The topological polar surface area (TPSA) is 29.0 Å². The smallest absolute Gasteiger partial charge is 0.129 e. The van der Waals surface area contributed by atoms with Gasteiger partial charge in [-0.3, -0.25) is 4.98 Å². The van der Waals surface area contributed by atoms with E-state index in [2.05, 4.69) is 35.0 Å². The average molecular weight is 322 g/mol. The molecule has 0 unspecified atom stereocenters. The number of hydrogen-bond acceptors (Lipinski definition) is 4. The Bertz CT molecular complexity index is 653. The molecule has 0 radical (unpaired) electrons. The quantitative estimate of drug-likeness (QED) is 0.789. The predicted molar refractivity (Wildman–Crippen MR) is 92.7 cm³/mol. The number of fused-ring (bicyclic) bond motifs is 1. The van der Waals surface area contributed by atoms with Gasteiger partial charge in [0.2, 0.25) is 0 Å². The second kappa shape index (κ2) is 6.01. The van der Waals surface area contributed by atoms with Crippen LogP contribution in [0.2, 0.25) is 5.15 Å². The van der Waals surface area contributed by atoms with E-state index in [-0.39, 0.29) is 0 Å². The highest BCUT2D eigenvalue weighted by molar-refractivity contribution is 7.98. The van der Waals surface area contributed by atoms with E-state index in [0.717, 1.165) is 30.1 Å². The normalized spacial score (nSPS) is 15.8. The maximum atomic E-state index is 6.08. The van der Waals surface area contributed by atoms with E-state index < -0.39 is 0 Å². The van der Waals surface area contributed by atoms with E-state index in [9.17, 15) is 0 Å². The molecule has 0 atom stereocenters. The minimum absolute atomic E-state index is 0.376. The number of pyridine rings is 2. The van der Waals surface area contributed by atoms with Crippen molar-refractivity contribution in [1.29, 1.82) is 0 Å². The van der Waals surface area contributed by atoms with Crippen molar-refractivity contribution < 1.29 is 0 Å². The van der Waals surface area contributed by atoms with Crippen LogP contribution in [0.3, 0.4) is 0 Å². The zero-order valence-electron chi connectivity index (χ0n) is 12.6. The fourth-order valence-electron chi connectivity index (χ4n) is 2.94. The molecule has 2 aromatic heterocycles. The van der Waals surface area contributed by atoms with Gasteiger partial charge in [0.1, 0.15) is 5.15 Å². The van der Waals surface area contributed by atoms with E-state index >= 15 is 0 Å². The van der Waals surface area contributed by atoms with Crippen LogP contribution in [0.25, 0.3) is 10.8 Å². The number of thioether (sulfide) groups is 1. The maximum Gasteiger partial charge on any atom is 0.129 e. The first-order chi connectivity index (χ1) is 10.1. The fraction of sp³-hybridized carbons (Fsp3) is 0.500. The lowest BCUT2D eigenvalue weighted by Crippen LogP contribution is -2.48. The Morgan fingerprint density at radius 2 is 2.05 bits per heavy atom. The van der Waals surface area contributed by atoms with E-state index in [1.165, 1.54) is 16.8 Å². The summed E-state index contributed by atoms with van der Waals surface area (Å²) in [6.07, 6.45) is 6.06. The third-order valence-corrected chi connectivity index (χ3v) is 5.01. The molecule has 0 amide bonds. The van der Waals surface area contributed by atoms with Gasteiger partial charge >= 0.3 is 0 Å². The first kappa shape index (κ1) is 14.9. The van der Waals surface area contributed by atoms with Crippen LogP contribution >= 0.6 is 23.4 Å². The molecule has 5 heteroatoms. The van der Waals surface area contributed by atoms with Crippen molar-refractivity contribution in [3.8, 4) is 0 Å². The van der Waals surface area contributed by atoms with Crippen LogP contribution in [-0.4, -0.2) is 35.1 Å². The lowest BCUT2D eigenvalue weighted by Gasteiger charge is -2.41. The highest BCUT2D eigenvalue weighted by atomic mass is 35.5. The standard InChI is InChI=1S/C16H20ClN3S/c1-10(2)16-12-4-15(17)18-5-13(12)14(6-19-16)20-7-11(8-20)9-21-3/h4-6,10-11H,7-9H2,1-3H3. The number of aromatic nitrogens is 2. The van der Waals surface area contributed by atoms with Crippen molar-refractivity contribution in [3.63, 3.8) is 0 Å². The Balaban J connectivity index is 1.99. The SMILES string of the molecule is CSCC1CN(c2cnc(C(C)C)c3cc(Cl)ncc23)C1. The monoisotopic (exact) mass is 321 g/mol. The Hall–Kier alpha value is -1.00. The van der Waals surface area contributed by atoms with E-state index in [1.807, 2.05) is 30.2 Å². The highest BCUT2D eigenvalue weighted by Gasteiger charge is 2.28. The lowest BCUT2D eigenvalue weighted by molar-refractivity contribution is 0.455. The second-order valence-electron chi connectivity index (χ2n) is 5.96. The van der Waals surface area contributed by atoms with Crippen LogP contribution in [-0.2, 0) is 0 Å². The summed E-state index contributed by atoms with van der Waals surface area (Å²) in [6.45, 7) is 6.55. The van der Waals surface area contributed by atoms with Gasteiger partial charge in [-0.2, -0.15) is 11.8 Å². The van der Waals surface area contributed by atoms with E-state index in [4.69, 9.17) is 11.6 Å². The van der Waals surface area contributed by atoms with Crippen LogP contribution in [0.5, 0.6) is 0 Å². The Morgan fingerprint density at radius 1 is 1.29 bits per heavy atom. The van der Waals surface area contributed by atoms with Crippen LogP contribution in [0, 0.1) is 5.92 Å². The first-order valence-corrected chi connectivity index (χ1v) is 9.05. The molecular weight excluding hydrogens is 302 g/mol. The minimum Gasteiger partial charge on any atom is -0.369 e. The molecule has 1 aliphatic heterocycles. The maximum absolute atomic E-state index is 6.08.